The zero-order valence-electron chi connectivity index (χ0n) is 16.6. The lowest BCUT2D eigenvalue weighted by Gasteiger charge is -2.25. The van der Waals surface area contributed by atoms with Gasteiger partial charge in [-0.15, -0.1) is 24.0 Å². The third kappa shape index (κ3) is 10.0. The first kappa shape index (κ1) is 24.7. The maximum atomic E-state index is 12.1. The molecule has 0 aliphatic carbocycles. The van der Waals surface area contributed by atoms with Gasteiger partial charge in [0.15, 0.2) is 5.96 Å². The average molecular weight is 483 g/mol. The van der Waals surface area contributed by atoms with Crippen molar-refractivity contribution in [1.82, 2.24) is 20.4 Å². The molecule has 1 heterocycles. The van der Waals surface area contributed by atoms with Gasteiger partial charge in [0.1, 0.15) is 12.1 Å². The average Bonchev–Trinajstić information content (AvgIpc) is 3.04. The highest BCUT2D eigenvalue weighted by molar-refractivity contribution is 14.0. The molecule has 1 saturated heterocycles. The largest absolute Gasteiger partial charge is 0.444 e. The van der Waals surface area contributed by atoms with Crippen LogP contribution in [0.3, 0.4) is 0 Å². The lowest BCUT2D eigenvalue weighted by Crippen LogP contribution is -2.43. The number of hydrogen-bond acceptors (Lipinski definition) is 4. The molecule has 9 heteroatoms. The van der Waals surface area contributed by atoms with Crippen molar-refractivity contribution in [3.63, 3.8) is 0 Å². The number of ether oxygens (including phenoxy) is 1. The first-order valence-electron chi connectivity index (χ1n) is 8.97. The molecule has 152 valence electrons. The molecule has 1 rings (SSSR count). The zero-order valence-corrected chi connectivity index (χ0v) is 19.0. The van der Waals surface area contributed by atoms with Crippen molar-refractivity contribution in [2.24, 2.45) is 4.99 Å². The summed E-state index contributed by atoms with van der Waals surface area (Å²) in [6, 6.07) is 0. The van der Waals surface area contributed by atoms with Crippen LogP contribution in [0.25, 0.3) is 0 Å². The fourth-order valence-electron chi connectivity index (χ4n) is 2.33. The number of halogens is 1. The number of carbonyl (C=O) groups excluding carboxylic acids is 2. The van der Waals surface area contributed by atoms with E-state index in [2.05, 4.69) is 15.6 Å². The Labute approximate surface area is 174 Å². The summed E-state index contributed by atoms with van der Waals surface area (Å²) >= 11 is 0. The molecule has 0 saturated carbocycles. The highest BCUT2D eigenvalue weighted by atomic mass is 127. The van der Waals surface area contributed by atoms with E-state index in [4.69, 9.17) is 4.74 Å². The van der Waals surface area contributed by atoms with Crippen molar-refractivity contribution in [2.75, 3.05) is 46.3 Å². The number of likely N-dealkylation sites (N-methyl/N-ethyl adjacent to an activating group) is 1. The number of likely N-dealkylation sites (tertiary alicyclic amines) is 1. The Kier molecular flexibility index (Phi) is 11.6. The van der Waals surface area contributed by atoms with E-state index >= 15 is 0 Å². The van der Waals surface area contributed by atoms with Crippen LogP contribution in [0.1, 0.15) is 40.5 Å². The summed E-state index contributed by atoms with van der Waals surface area (Å²) in [7, 11) is 1.69. The fraction of sp³-hybridized carbons (Fsp3) is 0.824. The molecule has 2 amide bonds. The predicted octanol–water partition coefficient (Wildman–Crippen LogP) is 1.65. The van der Waals surface area contributed by atoms with Gasteiger partial charge in [-0.1, -0.05) is 0 Å². The fourth-order valence-corrected chi connectivity index (χ4v) is 2.33. The Morgan fingerprint density at radius 3 is 2.35 bits per heavy atom. The second-order valence-corrected chi connectivity index (χ2v) is 7.11. The number of carbonyl (C=O) groups is 2. The molecule has 8 nitrogen and oxygen atoms in total. The van der Waals surface area contributed by atoms with Gasteiger partial charge in [0.05, 0.1) is 0 Å². The maximum absolute atomic E-state index is 12.1. The molecule has 0 unspecified atom stereocenters. The van der Waals surface area contributed by atoms with Gasteiger partial charge >= 0.3 is 6.09 Å². The van der Waals surface area contributed by atoms with Gasteiger partial charge < -0.3 is 25.2 Å². The summed E-state index contributed by atoms with van der Waals surface area (Å²) in [6.07, 6.45) is 1.79. The number of amides is 2. The molecular formula is C17H34IN5O3. The molecule has 0 bridgehead atoms. The molecular weight excluding hydrogens is 449 g/mol. The Morgan fingerprint density at radius 2 is 1.81 bits per heavy atom. The van der Waals surface area contributed by atoms with E-state index in [0.717, 1.165) is 25.9 Å². The van der Waals surface area contributed by atoms with Crippen LogP contribution in [0, 0.1) is 0 Å². The number of nitrogens with zero attached hydrogens (tertiary/aromatic N) is 3. The molecule has 0 atom stereocenters. The van der Waals surface area contributed by atoms with Crippen LogP contribution >= 0.6 is 24.0 Å². The number of rotatable bonds is 6. The van der Waals surface area contributed by atoms with Gasteiger partial charge in [-0.05, 0) is 40.5 Å². The van der Waals surface area contributed by atoms with Crippen molar-refractivity contribution >= 4 is 41.9 Å². The van der Waals surface area contributed by atoms with Crippen molar-refractivity contribution < 1.29 is 14.3 Å². The molecule has 0 spiro atoms. The Hall–Kier alpha value is -1.26. The third-order valence-electron chi connectivity index (χ3n) is 3.62. The highest BCUT2D eigenvalue weighted by Gasteiger charge is 2.19. The van der Waals surface area contributed by atoms with Gasteiger partial charge in [-0.25, -0.2) is 9.79 Å². The third-order valence-corrected chi connectivity index (χ3v) is 3.62. The normalized spacial score (nSPS) is 14.5. The number of hydrogen-bond donors (Lipinski definition) is 2. The molecule has 0 aromatic carbocycles. The molecule has 26 heavy (non-hydrogen) atoms. The van der Waals surface area contributed by atoms with Gasteiger partial charge in [-0.3, -0.25) is 4.79 Å². The van der Waals surface area contributed by atoms with Gasteiger partial charge in [0, 0.05) is 39.8 Å². The molecule has 1 aliphatic rings. The monoisotopic (exact) mass is 483 g/mol. The van der Waals surface area contributed by atoms with Crippen LogP contribution in [-0.2, 0) is 9.53 Å². The van der Waals surface area contributed by atoms with E-state index in [0.29, 0.717) is 25.6 Å². The first-order chi connectivity index (χ1) is 11.7. The molecule has 0 radical (unpaired) electrons. The van der Waals surface area contributed by atoms with E-state index in [1.165, 1.54) is 4.90 Å². The summed E-state index contributed by atoms with van der Waals surface area (Å²) in [4.78, 5) is 31.6. The highest BCUT2D eigenvalue weighted by Crippen LogP contribution is 2.09. The summed E-state index contributed by atoms with van der Waals surface area (Å²) < 4.78 is 5.30. The van der Waals surface area contributed by atoms with Crippen LogP contribution in [0.4, 0.5) is 4.79 Å². The molecule has 1 aliphatic heterocycles. The van der Waals surface area contributed by atoms with E-state index in [9.17, 15) is 9.59 Å². The topological polar surface area (TPSA) is 86.3 Å². The molecule has 0 aromatic rings. The number of aliphatic imine (C=N–C) groups is 1. The zero-order chi connectivity index (χ0) is 18.9. The van der Waals surface area contributed by atoms with Crippen LogP contribution in [0.15, 0.2) is 4.99 Å². The van der Waals surface area contributed by atoms with E-state index in [1.54, 1.807) is 7.05 Å². The molecule has 2 N–H and O–H groups in total. The van der Waals surface area contributed by atoms with Gasteiger partial charge in [-0.2, -0.15) is 0 Å². The maximum Gasteiger partial charge on any atom is 0.410 e. The number of guanidine groups is 1. The summed E-state index contributed by atoms with van der Waals surface area (Å²) in [5.74, 6) is 0.633. The Balaban J connectivity index is 0.00000625. The van der Waals surface area contributed by atoms with Crippen molar-refractivity contribution in [3.8, 4) is 0 Å². The first-order valence-corrected chi connectivity index (χ1v) is 8.97. The van der Waals surface area contributed by atoms with Crippen LogP contribution in [0.5, 0.6) is 0 Å². The van der Waals surface area contributed by atoms with Gasteiger partial charge in [0.2, 0.25) is 5.91 Å². The van der Waals surface area contributed by atoms with E-state index in [1.807, 2.05) is 32.6 Å². The standard InChI is InChI=1S/C17H33N5O3.HI/c1-6-18-15(20-13-14(23)22-10-7-8-11-22)19-9-12-21(5)16(24)25-17(2,3)4;/h6-13H2,1-5H3,(H2,18,19,20);1H. The minimum absolute atomic E-state index is 0. The van der Waals surface area contributed by atoms with Crippen molar-refractivity contribution in [2.45, 2.75) is 46.1 Å². The van der Waals surface area contributed by atoms with Crippen molar-refractivity contribution in [3.05, 3.63) is 0 Å². The smallest absolute Gasteiger partial charge is 0.410 e. The van der Waals surface area contributed by atoms with Crippen LogP contribution in [-0.4, -0.2) is 79.7 Å². The molecule has 1 fully saturated rings. The minimum Gasteiger partial charge on any atom is -0.444 e. The number of nitrogens with one attached hydrogen (secondary N) is 2. The Morgan fingerprint density at radius 1 is 1.19 bits per heavy atom. The van der Waals surface area contributed by atoms with E-state index in [-0.39, 0.29) is 42.5 Å². The Bertz CT molecular complexity index is 474. The van der Waals surface area contributed by atoms with Crippen LogP contribution in [0.2, 0.25) is 0 Å². The summed E-state index contributed by atoms with van der Waals surface area (Å²) in [5, 5.41) is 6.24. The van der Waals surface area contributed by atoms with Gasteiger partial charge in [0.25, 0.3) is 0 Å². The van der Waals surface area contributed by atoms with Crippen LogP contribution < -0.4 is 10.6 Å². The SMILES string of the molecule is CCNC(=NCC(=O)N1CCCC1)NCCN(C)C(=O)OC(C)(C)C.I. The predicted molar refractivity (Wildman–Crippen MR) is 114 cm³/mol. The van der Waals surface area contributed by atoms with Crippen molar-refractivity contribution in [1.29, 1.82) is 0 Å². The van der Waals surface area contributed by atoms with E-state index < -0.39 is 5.60 Å². The lowest BCUT2D eigenvalue weighted by molar-refractivity contribution is -0.128. The lowest BCUT2D eigenvalue weighted by atomic mass is 10.2. The second kappa shape index (κ2) is 12.2. The summed E-state index contributed by atoms with van der Waals surface area (Å²) in [5.41, 5.74) is -0.509. The molecule has 0 aromatic heterocycles. The quantitative estimate of drug-likeness (QED) is 0.341. The minimum atomic E-state index is -0.509. The summed E-state index contributed by atoms with van der Waals surface area (Å²) in [6.45, 7) is 11.0. The second-order valence-electron chi connectivity index (χ2n) is 7.11.